The van der Waals surface area contributed by atoms with E-state index >= 15 is 0 Å². The number of hydrogen-bond acceptors (Lipinski definition) is 4. The van der Waals surface area contributed by atoms with Crippen LogP contribution < -0.4 is 18.9 Å². The predicted octanol–water partition coefficient (Wildman–Crippen LogP) is 9.26. The van der Waals surface area contributed by atoms with Gasteiger partial charge in [0.15, 0.2) is 23.0 Å². The van der Waals surface area contributed by atoms with Crippen LogP contribution >= 0.6 is 0 Å². The molecule has 0 saturated carbocycles. The number of hydrogen-bond donors (Lipinski definition) is 0. The first-order chi connectivity index (χ1) is 18.1. The summed E-state index contributed by atoms with van der Waals surface area (Å²) in [6.07, 6.45) is 4.66. The summed E-state index contributed by atoms with van der Waals surface area (Å²) in [6.45, 7) is 26.2. The average molecular weight is 537 g/mol. The van der Waals surface area contributed by atoms with E-state index in [0.717, 1.165) is 48.7 Å². The van der Waals surface area contributed by atoms with Crippen LogP contribution in [0.15, 0.2) is 24.3 Å². The highest BCUT2D eigenvalue weighted by molar-refractivity contribution is 5.62. The Bertz CT molecular complexity index is 1090. The molecule has 2 aromatic carbocycles. The molecular formula is C35H52O4. The lowest BCUT2D eigenvalue weighted by Crippen LogP contribution is -2.44. The molecule has 4 rings (SSSR count). The van der Waals surface area contributed by atoms with E-state index in [2.05, 4.69) is 107 Å². The Balaban J connectivity index is 2.03. The fourth-order valence-electron chi connectivity index (χ4n) is 6.55. The molecule has 216 valence electrons. The summed E-state index contributed by atoms with van der Waals surface area (Å²) in [5.74, 6) is 3.39. The molecule has 0 saturated heterocycles. The normalized spacial score (nSPS) is 18.9. The summed E-state index contributed by atoms with van der Waals surface area (Å²) in [6, 6.07) is 9.21. The number of benzene rings is 2. The Hall–Kier alpha value is -2.36. The molecule has 0 heterocycles. The molecule has 2 aliphatic carbocycles. The Labute approximate surface area is 237 Å². The van der Waals surface area contributed by atoms with Crippen molar-refractivity contribution >= 4 is 0 Å². The summed E-state index contributed by atoms with van der Waals surface area (Å²) in [7, 11) is 0. The van der Waals surface area contributed by atoms with Crippen LogP contribution in [0.3, 0.4) is 0 Å². The lowest BCUT2D eigenvalue weighted by atomic mass is 9.52. The molecule has 0 bridgehead atoms. The minimum atomic E-state index is -0.118. The summed E-state index contributed by atoms with van der Waals surface area (Å²) in [4.78, 5) is 0. The van der Waals surface area contributed by atoms with Crippen molar-refractivity contribution in [3.05, 3.63) is 46.5 Å². The topological polar surface area (TPSA) is 36.9 Å². The first kappa shape index (κ1) is 29.6. The van der Waals surface area contributed by atoms with E-state index in [9.17, 15) is 0 Å². The Kier molecular flexibility index (Phi) is 8.02. The zero-order chi connectivity index (χ0) is 28.9. The smallest absolute Gasteiger partial charge is 0.161 e. The monoisotopic (exact) mass is 536 g/mol. The van der Waals surface area contributed by atoms with Crippen LogP contribution in [0.5, 0.6) is 23.0 Å². The fraction of sp³-hybridized carbons (Fsp3) is 0.657. The van der Waals surface area contributed by atoms with Crippen molar-refractivity contribution in [1.82, 2.24) is 0 Å². The molecule has 0 aliphatic heterocycles. The maximum absolute atomic E-state index is 6.41. The zero-order valence-corrected chi connectivity index (χ0v) is 26.6. The van der Waals surface area contributed by atoms with Crippen LogP contribution in [0.2, 0.25) is 0 Å². The predicted molar refractivity (Wildman–Crippen MR) is 161 cm³/mol. The van der Waals surface area contributed by atoms with Gasteiger partial charge in [-0.2, -0.15) is 0 Å². The van der Waals surface area contributed by atoms with E-state index in [1.54, 1.807) is 0 Å². The van der Waals surface area contributed by atoms with Crippen molar-refractivity contribution in [2.45, 2.75) is 149 Å². The van der Waals surface area contributed by atoms with Crippen molar-refractivity contribution in [2.75, 3.05) is 0 Å². The van der Waals surface area contributed by atoms with E-state index in [1.807, 2.05) is 0 Å². The quantitative estimate of drug-likeness (QED) is 0.337. The molecule has 2 aliphatic rings. The maximum Gasteiger partial charge on any atom is 0.161 e. The van der Waals surface area contributed by atoms with Crippen molar-refractivity contribution in [3.8, 4) is 23.0 Å². The number of rotatable bonds is 8. The highest BCUT2D eigenvalue weighted by Crippen LogP contribution is 2.60. The van der Waals surface area contributed by atoms with Gasteiger partial charge in [0.25, 0.3) is 0 Å². The van der Waals surface area contributed by atoms with Gasteiger partial charge < -0.3 is 18.9 Å². The summed E-state index contributed by atoms with van der Waals surface area (Å²) >= 11 is 0. The van der Waals surface area contributed by atoms with Crippen LogP contribution in [-0.2, 0) is 16.2 Å². The van der Waals surface area contributed by atoms with Crippen LogP contribution in [-0.4, -0.2) is 24.4 Å². The lowest BCUT2D eigenvalue weighted by molar-refractivity contribution is 0.193. The second-order valence-corrected chi connectivity index (χ2v) is 14.2. The SMILES string of the molecule is CC(C)Oc1cc2c(cc1OC(C)C)C1(CCC2(C)C)CCC(C)(C)c2cc(OC(C)C)c(OC(C)C)cc21. The summed E-state index contributed by atoms with van der Waals surface area (Å²) < 4.78 is 25.5. The van der Waals surface area contributed by atoms with Crippen LogP contribution in [0.4, 0.5) is 0 Å². The molecule has 39 heavy (non-hydrogen) atoms. The van der Waals surface area contributed by atoms with Gasteiger partial charge in [-0.15, -0.1) is 0 Å². The highest BCUT2D eigenvalue weighted by Gasteiger charge is 2.50. The molecular weight excluding hydrogens is 484 g/mol. The van der Waals surface area contributed by atoms with E-state index in [-0.39, 0.29) is 40.7 Å². The van der Waals surface area contributed by atoms with Gasteiger partial charge in [-0.3, -0.25) is 0 Å². The standard InChI is InChI=1S/C35H52O4/c1-21(2)36-29-17-25-27(19-31(29)38-23(5)6)35(15-13-33(25,9)10)16-14-34(11,12)26-18-30(37-22(3)4)32(20-28(26)35)39-24(7)8/h17-24H,13-16H2,1-12H3. The van der Waals surface area contributed by atoms with Gasteiger partial charge in [0.05, 0.1) is 24.4 Å². The molecule has 0 unspecified atom stereocenters. The van der Waals surface area contributed by atoms with Crippen molar-refractivity contribution in [3.63, 3.8) is 0 Å². The van der Waals surface area contributed by atoms with Gasteiger partial charge in [0.2, 0.25) is 0 Å². The number of ether oxygens (including phenoxy) is 4. The average Bonchev–Trinajstić information content (AvgIpc) is 2.79. The van der Waals surface area contributed by atoms with E-state index in [4.69, 9.17) is 18.9 Å². The third-order valence-corrected chi connectivity index (χ3v) is 8.46. The summed E-state index contributed by atoms with van der Waals surface area (Å²) in [5.41, 5.74) is 5.48. The van der Waals surface area contributed by atoms with Crippen molar-refractivity contribution < 1.29 is 18.9 Å². The molecule has 0 N–H and O–H groups in total. The van der Waals surface area contributed by atoms with E-state index < -0.39 is 0 Å². The van der Waals surface area contributed by atoms with Crippen molar-refractivity contribution in [2.24, 2.45) is 0 Å². The Morgan fingerprint density at radius 2 is 0.692 bits per heavy atom. The molecule has 1 spiro atoms. The second-order valence-electron chi connectivity index (χ2n) is 14.2. The van der Waals surface area contributed by atoms with Gasteiger partial charge in [-0.1, -0.05) is 27.7 Å². The second kappa shape index (κ2) is 10.6. The summed E-state index contributed by atoms with van der Waals surface area (Å²) in [5, 5.41) is 0. The first-order valence-corrected chi connectivity index (χ1v) is 15.1. The van der Waals surface area contributed by atoms with Crippen LogP contribution in [0, 0.1) is 0 Å². The van der Waals surface area contributed by atoms with Gasteiger partial charge >= 0.3 is 0 Å². The van der Waals surface area contributed by atoms with Gasteiger partial charge in [0, 0.05) is 5.41 Å². The Morgan fingerprint density at radius 1 is 0.436 bits per heavy atom. The largest absolute Gasteiger partial charge is 0.487 e. The minimum Gasteiger partial charge on any atom is -0.487 e. The third kappa shape index (κ3) is 5.77. The van der Waals surface area contributed by atoms with E-state index in [1.165, 1.54) is 22.3 Å². The molecule has 0 atom stereocenters. The Morgan fingerprint density at radius 3 is 0.949 bits per heavy atom. The van der Waals surface area contributed by atoms with Crippen LogP contribution in [0.1, 0.15) is 131 Å². The zero-order valence-electron chi connectivity index (χ0n) is 26.6. The molecule has 4 heteroatoms. The van der Waals surface area contributed by atoms with Crippen molar-refractivity contribution in [1.29, 1.82) is 0 Å². The highest BCUT2D eigenvalue weighted by atomic mass is 16.5. The minimum absolute atomic E-state index is 0.0388. The number of fused-ring (bicyclic) bond motifs is 4. The van der Waals surface area contributed by atoms with Gasteiger partial charge in [-0.25, -0.2) is 0 Å². The molecule has 0 radical (unpaired) electrons. The molecule has 0 fully saturated rings. The molecule has 4 nitrogen and oxygen atoms in total. The van der Waals surface area contributed by atoms with Crippen LogP contribution in [0.25, 0.3) is 0 Å². The van der Waals surface area contributed by atoms with Gasteiger partial charge in [-0.05, 0) is 138 Å². The molecule has 2 aromatic rings. The lowest BCUT2D eigenvalue weighted by Gasteiger charge is -2.52. The molecule has 0 amide bonds. The third-order valence-electron chi connectivity index (χ3n) is 8.46. The van der Waals surface area contributed by atoms with E-state index in [0.29, 0.717) is 0 Å². The molecule has 0 aromatic heterocycles. The van der Waals surface area contributed by atoms with Gasteiger partial charge in [0.1, 0.15) is 0 Å². The maximum atomic E-state index is 6.41. The fourth-order valence-corrected chi connectivity index (χ4v) is 6.55. The first-order valence-electron chi connectivity index (χ1n) is 15.1.